The molecule has 0 radical (unpaired) electrons. The first-order valence-corrected chi connectivity index (χ1v) is 10.7. The van der Waals surface area contributed by atoms with Crippen LogP contribution in [0.2, 0.25) is 0 Å². The highest BCUT2D eigenvalue weighted by Crippen LogP contribution is 2.44. The quantitative estimate of drug-likeness (QED) is 0.291. The highest BCUT2D eigenvalue weighted by Gasteiger charge is 2.26. The molecule has 0 unspecified atom stereocenters. The lowest BCUT2D eigenvalue weighted by Crippen LogP contribution is -2.27. The van der Waals surface area contributed by atoms with Crippen molar-refractivity contribution in [2.24, 2.45) is 0 Å². The average Bonchev–Trinajstić information content (AvgIpc) is 3.23. The first kappa shape index (κ1) is 18.0. The van der Waals surface area contributed by atoms with E-state index in [9.17, 15) is 10.1 Å². The zero-order valence-corrected chi connectivity index (χ0v) is 15.9. The van der Waals surface area contributed by atoms with Gasteiger partial charge in [-0.3, -0.25) is 10.1 Å². The Balaban J connectivity index is 2.09. The summed E-state index contributed by atoms with van der Waals surface area (Å²) in [6, 6.07) is 33.9. The van der Waals surface area contributed by atoms with Crippen molar-refractivity contribution in [3.8, 4) is 0 Å². The monoisotopic (exact) mass is 387 g/mol. The van der Waals surface area contributed by atoms with E-state index >= 15 is 0 Å². The lowest BCUT2D eigenvalue weighted by molar-refractivity contribution is -0.402. The van der Waals surface area contributed by atoms with Crippen LogP contribution in [0.3, 0.4) is 0 Å². The number of nitrogens with zero attached hydrogens (tertiary/aromatic N) is 1. The average molecular weight is 387 g/mol. The van der Waals surface area contributed by atoms with Crippen LogP contribution in [0.25, 0.3) is 0 Å². The van der Waals surface area contributed by atoms with E-state index in [-0.39, 0.29) is 5.88 Å². The molecule has 1 heterocycles. The van der Waals surface area contributed by atoms with Crippen LogP contribution < -0.4 is 15.9 Å². The molecule has 4 rings (SSSR count). The third-order valence-electron chi connectivity index (χ3n) is 4.60. The van der Waals surface area contributed by atoms with Gasteiger partial charge < -0.3 is 4.42 Å². The molecule has 0 spiro atoms. The summed E-state index contributed by atoms with van der Waals surface area (Å²) in [7, 11) is 0. The molecule has 28 heavy (non-hydrogen) atoms. The largest absolute Gasteiger partial charge is 0.433 e. The fourth-order valence-electron chi connectivity index (χ4n) is 3.36. The summed E-state index contributed by atoms with van der Waals surface area (Å²) in [4.78, 5) is 10.6. The first-order chi connectivity index (χ1) is 13.7. The molecule has 0 atom stereocenters. The maximum atomic E-state index is 11.1. The fourth-order valence-corrected chi connectivity index (χ4v) is 7.15. The number of furan rings is 1. The van der Waals surface area contributed by atoms with Gasteiger partial charge in [0.25, 0.3) is 0 Å². The first-order valence-electron chi connectivity index (χ1n) is 8.86. The van der Waals surface area contributed by atoms with Gasteiger partial charge in [-0.1, -0.05) is 91.0 Å². The lowest BCUT2D eigenvalue weighted by Gasteiger charge is -2.28. The van der Waals surface area contributed by atoms with Gasteiger partial charge in [0.05, 0.1) is 6.07 Å². The normalized spacial score (nSPS) is 11.1. The Morgan fingerprint density at radius 2 is 1.11 bits per heavy atom. The second-order valence-electron chi connectivity index (χ2n) is 6.29. The third-order valence-corrected chi connectivity index (χ3v) is 8.58. The highest BCUT2D eigenvalue weighted by molar-refractivity contribution is 7.94. The molecule has 0 aliphatic rings. The zero-order valence-electron chi connectivity index (χ0n) is 15.0. The minimum atomic E-state index is -2.23. The number of rotatable bonds is 5. The number of hydrogen-bond donors (Lipinski definition) is 0. The second kappa shape index (κ2) is 7.71. The van der Waals surface area contributed by atoms with Crippen molar-refractivity contribution in [2.75, 3.05) is 0 Å². The molecule has 4 nitrogen and oxygen atoms in total. The van der Waals surface area contributed by atoms with Gasteiger partial charge in [-0.25, -0.2) is 0 Å². The van der Waals surface area contributed by atoms with E-state index in [1.807, 2.05) is 54.6 Å². The van der Waals surface area contributed by atoms with Gasteiger partial charge in [-0.15, -0.1) is 0 Å². The van der Waals surface area contributed by atoms with Crippen molar-refractivity contribution >= 4 is 34.5 Å². The Kier molecular flexibility index (Phi) is 4.96. The van der Waals surface area contributed by atoms with Crippen molar-refractivity contribution in [3.63, 3.8) is 0 Å². The predicted molar refractivity (Wildman–Crippen MR) is 116 cm³/mol. The van der Waals surface area contributed by atoms with Crippen LogP contribution in [0.4, 0.5) is 5.88 Å². The van der Waals surface area contributed by atoms with Crippen LogP contribution in [0.1, 0.15) is 5.76 Å². The highest BCUT2D eigenvalue weighted by atomic mass is 31.2. The van der Waals surface area contributed by atoms with Gasteiger partial charge >= 0.3 is 5.88 Å². The summed E-state index contributed by atoms with van der Waals surface area (Å²) in [5, 5.41) is 14.6. The van der Waals surface area contributed by atoms with E-state index in [2.05, 4.69) is 42.2 Å². The Bertz CT molecular complexity index is 1030. The van der Waals surface area contributed by atoms with Crippen LogP contribution in [-0.2, 0) is 0 Å². The van der Waals surface area contributed by atoms with Gasteiger partial charge in [0.1, 0.15) is 10.7 Å². The molecule has 0 aliphatic carbocycles. The molecule has 0 aliphatic heterocycles. The molecule has 1 aromatic heterocycles. The van der Waals surface area contributed by atoms with Crippen molar-refractivity contribution in [2.45, 2.75) is 0 Å². The Labute approximate surface area is 163 Å². The molecular formula is C23H18NO3P. The second-order valence-corrected chi connectivity index (χ2v) is 9.54. The van der Waals surface area contributed by atoms with Crippen LogP contribution in [0.5, 0.6) is 0 Å². The summed E-state index contributed by atoms with van der Waals surface area (Å²) in [6.07, 6.45) is 0. The van der Waals surface area contributed by atoms with Gasteiger partial charge in [0.15, 0.2) is 0 Å². The van der Waals surface area contributed by atoms with E-state index < -0.39 is 11.8 Å². The van der Waals surface area contributed by atoms with E-state index in [4.69, 9.17) is 4.42 Å². The van der Waals surface area contributed by atoms with Crippen LogP contribution >= 0.6 is 6.89 Å². The Hall–Kier alpha value is -3.36. The van der Waals surface area contributed by atoms with Gasteiger partial charge in [-0.05, 0) is 34.7 Å². The summed E-state index contributed by atoms with van der Waals surface area (Å²) in [5.74, 6) is 2.31. The van der Waals surface area contributed by atoms with E-state index in [0.717, 1.165) is 15.9 Å². The number of hydrogen-bond acceptors (Lipinski definition) is 3. The molecule has 0 amide bonds. The summed E-state index contributed by atoms with van der Waals surface area (Å²) >= 11 is 0. The molecular weight excluding hydrogens is 369 g/mol. The predicted octanol–water partition coefficient (Wildman–Crippen LogP) is 4.33. The summed E-state index contributed by atoms with van der Waals surface area (Å²) in [6.45, 7) is -2.23. The van der Waals surface area contributed by atoms with Crippen LogP contribution in [0.15, 0.2) is 108 Å². The maximum absolute atomic E-state index is 11.1. The van der Waals surface area contributed by atoms with Gasteiger partial charge in [-0.2, -0.15) is 0 Å². The Morgan fingerprint density at radius 3 is 1.46 bits per heavy atom. The SMILES string of the molecule is O=[N+]([O-])c1ccc(C=P(c2ccccc2)(c2ccccc2)c2ccccc2)o1. The molecule has 0 N–H and O–H groups in total. The van der Waals surface area contributed by atoms with Crippen molar-refractivity contribution in [1.82, 2.24) is 0 Å². The standard InChI is InChI=1S/C23H18NO3P/c25-24(26)23-17-16-19(27-23)18-28(20-10-4-1-5-11-20,21-12-6-2-7-13-21)22-14-8-3-9-15-22/h1-18H. The molecule has 0 saturated heterocycles. The minimum Gasteiger partial charge on any atom is -0.401 e. The number of nitro groups is 1. The van der Waals surface area contributed by atoms with E-state index in [1.54, 1.807) is 6.07 Å². The molecule has 0 fully saturated rings. The van der Waals surface area contributed by atoms with Gasteiger partial charge in [0.2, 0.25) is 0 Å². The Morgan fingerprint density at radius 1 is 0.679 bits per heavy atom. The van der Waals surface area contributed by atoms with Gasteiger partial charge in [0, 0.05) is 0 Å². The maximum Gasteiger partial charge on any atom is 0.433 e. The topological polar surface area (TPSA) is 56.3 Å². The smallest absolute Gasteiger partial charge is 0.401 e. The van der Waals surface area contributed by atoms with Crippen LogP contribution in [-0.4, -0.2) is 10.7 Å². The van der Waals surface area contributed by atoms with E-state index in [1.165, 1.54) is 6.07 Å². The molecule has 4 aromatic rings. The van der Waals surface area contributed by atoms with E-state index in [0.29, 0.717) is 5.76 Å². The minimum absolute atomic E-state index is 0.251. The summed E-state index contributed by atoms with van der Waals surface area (Å²) in [5.41, 5.74) is 0. The van der Waals surface area contributed by atoms with Crippen molar-refractivity contribution < 1.29 is 9.34 Å². The lowest BCUT2D eigenvalue weighted by atomic mass is 10.4. The molecule has 0 saturated carbocycles. The molecule has 5 heteroatoms. The van der Waals surface area contributed by atoms with Crippen LogP contribution in [0, 0.1) is 10.1 Å². The van der Waals surface area contributed by atoms with Crippen molar-refractivity contribution in [1.29, 1.82) is 0 Å². The third kappa shape index (κ3) is 3.30. The number of benzene rings is 3. The fraction of sp³-hybridized carbons (Fsp3) is 0. The molecule has 138 valence electrons. The summed E-state index contributed by atoms with van der Waals surface area (Å²) < 4.78 is 5.54. The molecule has 0 bridgehead atoms. The van der Waals surface area contributed by atoms with Crippen molar-refractivity contribution in [3.05, 3.63) is 119 Å². The zero-order chi connectivity index (χ0) is 19.4. The molecule has 3 aromatic carbocycles.